The lowest BCUT2D eigenvalue weighted by molar-refractivity contribution is -0.140. The SMILES string of the molecule is C=C(C)c1cc2c(s1)-c1ccccc1CC2.CCOC(C)=O. The first-order valence-corrected chi connectivity index (χ1v) is 8.34. The molecule has 3 heteroatoms. The van der Waals surface area contributed by atoms with Gasteiger partial charge >= 0.3 is 5.97 Å². The summed E-state index contributed by atoms with van der Waals surface area (Å²) in [7, 11) is 0. The van der Waals surface area contributed by atoms with Gasteiger partial charge in [-0.1, -0.05) is 30.8 Å². The van der Waals surface area contributed by atoms with Crippen LogP contribution >= 0.6 is 11.3 Å². The number of hydrogen-bond acceptors (Lipinski definition) is 3. The van der Waals surface area contributed by atoms with Gasteiger partial charge in [0, 0.05) is 16.7 Å². The van der Waals surface area contributed by atoms with E-state index < -0.39 is 0 Å². The summed E-state index contributed by atoms with van der Waals surface area (Å²) < 4.78 is 4.40. The van der Waals surface area contributed by atoms with E-state index in [9.17, 15) is 4.79 Å². The van der Waals surface area contributed by atoms with Crippen LogP contribution in [0.15, 0.2) is 36.9 Å². The van der Waals surface area contributed by atoms with Crippen molar-refractivity contribution in [3.8, 4) is 10.4 Å². The molecule has 22 heavy (non-hydrogen) atoms. The fourth-order valence-electron chi connectivity index (χ4n) is 2.49. The zero-order chi connectivity index (χ0) is 16.1. The fraction of sp³-hybridized carbons (Fsp3) is 0.316. The Balaban J connectivity index is 0.000000254. The topological polar surface area (TPSA) is 26.3 Å². The van der Waals surface area contributed by atoms with Gasteiger partial charge in [-0.3, -0.25) is 4.79 Å². The summed E-state index contributed by atoms with van der Waals surface area (Å²) in [6.45, 7) is 9.77. The Bertz CT molecular complexity index is 682. The minimum absolute atomic E-state index is 0.211. The lowest BCUT2D eigenvalue weighted by atomic mass is 9.91. The normalized spacial score (nSPS) is 11.6. The summed E-state index contributed by atoms with van der Waals surface area (Å²) >= 11 is 1.89. The van der Waals surface area contributed by atoms with Crippen LogP contribution < -0.4 is 0 Å². The van der Waals surface area contributed by atoms with E-state index in [0.717, 1.165) is 0 Å². The molecular formula is C19H22O2S. The molecule has 3 rings (SSSR count). The van der Waals surface area contributed by atoms with Crippen LogP contribution in [0.25, 0.3) is 16.0 Å². The number of carbonyl (C=O) groups excluding carboxylic acids is 1. The van der Waals surface area contributed by atoms with Crippen molar-refractivity contribution in [2.24, 2.45) is 0 Å². The predicted molar refractivity (Wildman–Crippen MR) is 94.2 cm³/mol. The summed E-state index contributed by atoms with van der Waals surface area (Å²) in [5, 5.41) is 0. The van der Waals surface area contributed by atoms with Crippen LogP contribution in [0.5, 0.6) is 0 Å². The highest BCUT2D eigenvalue weighted by Crippen LogP contribution is 2.40. The van der Waals surface area contributed by atoms with Crippen molar-refractivity contribution in [1.29, 1.82) is 0 Å². The maximum absolute atomic E-state index is 9.82. The number of thiophene rings is 1. The quantitative estimate of drug-likeness (QED) is 0.719. The molecule has 1 aliphatic rings. The molecule has 2 aromatic rings. The Morgan fingerprint density at radius 2 is 1.91 bits per heavy atom. The number of allylic oxidation sites excluding steroid dienone is 1. The van der Waals surface area contributed by atoms with Gasteiger partial charge in [0.25, 0.3) is 0 Å². The van der Waals surface area contributed by atoms with Gasteiger partial charge in [0.05, 0.1) is 6.61 Å². The molecule has 1 aromatic heterocycles. The summed E-state index contributed by atoms with van der Waals surface area (Å²) in [6.07, 6.45) is 2.35. The van der Waals surface area contributed by atoms with Crippen LogP contribution in [0.2, 0.25) is 0 Å². The number of benzene rings is 1. The molecule has 0 radical (unpaired) electrons. The third-order valence-electron chi connectivity index (χ3n) is 3.50. The fourth-order valence-corrected chi connectivity index (χ4v) is 3.68. The Morgan fingerprint density at radius 1 is 1.23 bits per heavy atom. The standard InChI is InChI=1S/C15H14S.C4H8O2/c1-10(2)14-9-12-8-7-11-5-3-4-6-13(11)15(12)16-14;1-3-6-4(2)5/h3-6,9H,1,7-8H2,2H3;3H2,1-2H3. The molecule has 1 aromatic carbocycles. The number of aryl methyl sites for hydroxylation is 2. The lowest BCUT2D eigenvalue weighted by Crippen LogP contribution is -2.00. The van der Waals surface area contributed by atoms with Crippen molar-refractivity contribution in [3.05, 3.63) is 52.9 Å². The molecule has 0 bridgehead atoms. The van der Waals surface area contributed by atoms with Gasteiger partial charge in [0.1, 0.15) is 0 Å². The van der Waals surface area contributed by atoms with Gasteiger partial charge in [0.15, 0.2) is 0 Å². The van der Waals surface area contributed by atoms with Crippen molar-refractivity contribution >= 4 is 22.9 Å². The molecule has 116 valence electrons. The average Bonchev–Trinajstić information content (AvgIpc) is 2.92. The van der Waals surface area contributed by atoms with Gasteiger partial charge in [-0.15, -0.1) is 11.3 Å². The van der Waals surface area contributed by atoms with Crippen LogP contribution in [0.4, 0.5) is 0 Å². The first-order chi connectivity index (χ1) is 10.5. The van der Waals surface area contributed by atoms with Gasteiger partial charge in [0.2, 0.25) is 0 Å². The molecule has 1 heterocycles. The van der Waals surface area contributed by atoms with E-state index >= 15 is 0 Å². The van der Waals surface area contributed by atoms with Gasteiger partial charge < -0.3 is 4.74 Å². The second-order valence-corrected chi connectivity index (χ2v) is 6.38. The third kappa shape index (κ3) is 3.86. The number of ether oxygens (including phenoxy) is 1. The number of carbonyl (C=O) groups is 1. The Morgan fingerprint density at radius 3 is 2.50 bits per heavy atom. The molecule has 2 nitrogen and oxygen atoms in total. The highest BCUT2D eigenvalue weighted by molar-refractivity contribution is 7.16. The van der Waals surface area contributed by atoms with Crippen LogP contribution in [-0.4, -0.2) is 12.6 Å². The molecule has 0 spiro atoms. The first-order valence-electron chi connectivity index (χ1n) is 7.53. The maximum Gasteiger partial charge on any atom is 0.302 e. The first kappa shape index (κ1) is 16.5. The summed E-state index contributed by atoms with van der Waals surface area (Å²) in [4.78, 5) is 12.6. The number of hydrogen-bond donors (Lipinski definition) is 0. The van der Waals surface area contributed by atoms with Crippen LogP contribution in [-0.2, 0) is 22.4 Å². The maximum atomic E-state index is 9.82. The van der Waals surface area contributed by atoms with Crippen molar-refractivity contribution < 1.29 is 9.53 Å². The molecule has 0 unspecified atom stereocenters. The largest absolute Gasteiger partial charge is 0.466 e. The zero-order valence-corrected chi connectivity index (χ0v) is 14.3. The van der Waals surface area contributed by atoms with Crippen LogP contribution in [0, 0.1) is 0 Å². The molecule has 0 saturated heterocycles. The van der Waals surface area contributed by atoms with Gasteiger partial charge in [-0.25, -0.2) is 0 Å². The van der Waals surface area contributed by atoms with Crippen molar-refractivity contribution in [2.75, 3.05) is 6.61 Å². The van der Waals surface area contributed by atoms with Gasteiger partial charge in [-0.05, 0) is 55.0 Å². The minimum atomic E-state index is -0.211. The Hall–Kier alpha value is -1.87. The van der Waals surface area contributed by atoms with E-state index in [-0.39, 0.29) is 5.97 Å². The number of rotatable bonds is 2. The van der Waals surface area contributed by atoms with Crippen molar-refractivity contribution in [1.82, 2.24) is 0 Å². The molecule has 0 aliphatic heterocycles. The average molecular weight is 314 g/mol. The van der Waals surface area contributed by atoms with E-state index in [1.54, 1.807) is 6.92 Å². The highest BCUT2D eigenvalue weighted by Gasteiger charge is 2.18. The summed E-state index contributed by atoms with van der Waals surface area (Å²) in [5.41, 5.74) is 5.60. The number of esters is 1. The van der Waals surface area contributed by atoms with Crippen molar-refractivity contribution in [3.63, 3.8) is 0 Å². The molecule has 1 aliphatic carbocycles. The second kappa shape index (κ2) is 7.41. The molecule has 0 fully saturated rings. The van der Waals surface area contributed by atoms with Gasteiger partial charge in [-0.2, -0.15) is 0 Å². The minimum Gasteiger partial charge on any atom is -0.466 e. The number of fused-ring (bicyclic) bond motifs is 3. The zero-order valence-electron chi connectivity index (χ0n) is 13.4. The monoisotopic (exact) mass is 314 g/mol. The Labute approximate surface area is 136 Å². The van der Waals surface area contributed by atoms with E-state index in [0.29, 0.717) is 6.61 Å². The molecule has 0 saturated carbocycles. The van der Waals surface area contributed by atoms with Crippen LogP contribution in [0.1, 0.15) is 36.8 Å². The van der Waals surface area contributed by atoms with E-state index in [2.05, 4.69) is 48.6 Å². The molecule has 0 amide bonds. The summed E-state index contributed by atoms with van der Waals surface area (Å²) in [6, 6.07) is 11.1. The smallest absolute Gasteiger partial charge is 0.302 e. The molecular weight excluding hydrogens is 292 g/mol. The summed E-state index contributed by atoms with van der Waals surface area (Å²) in [5.74, 6) is -0.211. The Kier molecular flexibility index (Phi) is 5.56. The van der Waals surface area contributed by atoms with E-state index in [4.69, 9.17) is 0 Å². The van der Waals surface area contributed by atoms with E-state index in [1.807, 2.05) is 11.3 Å². The lowest BCUT2D eigenvalue weighted by Gasteiger charge is -2.15. The van der Waals surface area contributed by atoms with Crippen LogP contribution in [0.3, 0.4) is 0 Å². The molecule has 0 atom stereocenters. The molecule has 0 N–H and O–H groups in total. The highest BCUT2D eigenvalue weighted by atomic mass is 32.1. The third-order valence-corrected chi connectivity index (χ3v) is 4.88. The predicted octanol–water partition coefficient (Wildman–Crippen LogP) is 5.12. The second-order valence-electron chi connectivity index (χ2n) is 5.33. The van der Waals surface area contributed by atoms with Crippen molar-refractivity contribution in [2.45, 2.75) is 33.6 Å². The van der Waals surface area contributed by atoms with E-state index in [1.165, 1.54) is 51.8 Å².